The lowest BCUT2D eigenvalue weighted by Gasteiger charge is -2.32. The zero-order chi connectivity index (χ0) is 19.1. The van der Waals surface area contributed by atoms with Crippen LogP contribution in [0.3, 0.4) is 0 Å². The van der Waals surface area contributed by atoms with Crippen LogP contribution in [0.1, 0.15) is 22.3 Å². The summed E-state index contributed by atoms with van der Waals surface area (Å²) in [5, 5.41) is 0. The molecule has 0 aromatic heterocycles. The number of nitrogens with zero attached hydrogens (tertiary/aromatic N) is 1. The van der Waals surface area contributed by atoms with Gasteiger partial charge in [0.25, 0.3) is 5.91 Å². The number of rotatable bonds is 7. The van der Waals surface area contributed by atoms with Gasteiger partial charge in [-0.3, -0.25) is 4.79 Å². The van der Waals surface area contributed by atoms with E-state index in [-0.39, 0.29) is 5.91 Å². The Labute approximate surface area is 161 Å². The van der Waals surface area contributed by atoms with Gasteiger partial charge in [0.2, 0.25) is 0 Å². The summed E-state index contributed by atoms with van der Waals surface area (Å²) in [5.74, 6) is 1.13. The van der Waals surface area contributed by atoms with Crippen molar-refractivity contribution in [3.63, 3.8) is 0 Å². The van der Waals surface area contributed by atoms with Crippen LogP contribution in [-0.2, 0) is 6.42 Å². The maximum atomic E-state index is 12.9. The van der Waals surface area contributed by atoms with E-state index in [2.05, 4.69) is 30.3 Å². The van der Waals surface area contributed by atoms with Gasteiger partial charge in [-0.25, -0.2) is 0 Å². The molecule has 0 spiro atoms. The van der Waals surface area contributed by atoms with Gasteiger partial charge in [-0.1, -0.05) is 36.4 Å². The van der Waals surface area contributed by atoms with Crippen LogP contribution in [0, 0.1) is 0 Å². The summed E-state index contributed by atoms with van der Waals surface area (Å²) >= 11 is 0. The number of aryl methyl sites for hydroxylation is 1. The minimum atomic E-state index is 0.0223. The number of nitrogens with one attached hydrogen (secondary N) is 1. The number of methoxy groups -OCH3 is 2. The molecular weight excluding hydrogens is 340 g/mol. The second kappa shape index (κ2) is 9.42. The average Bonchev–Trinajstić information content (AvgIpc) is 2.73. The van der Waals surface area contributed by atoms with Gasteiger partial charge in [-0.05, 0) is 24.1 Å². The third-order valence-electron chi connectivity index (χ3n) is 5.23. The van der Waals surface area contributed by atoms with Gasteiger partial charge in [0.1, 0.15) is 0 Å². The van der Waals surface area contributed by atoms with Gasteiger partial charge in [0.05, 0.1) is 52.5 Å². The Kier molecular flexibility index (Phi) is 6.71. The smallest absolute Gasteiger partial charge is 0.258 e. The number of hydrogen-bond donors (Lipinski definition) is 1. The van der Waals surface area contributed by atoms with Crippen LogP contribution < -0.4 is 14.4 Å². The molecule has 0 saturated carbocycles. The van der Waals surface area contributed by atoms with Crippen LogP contribution in [0.25, 0.3) is 0 Å². The van der Waals surface area contributed by atoms with Gasteiger partial charge in [0, 0.05) is 6.42 Å². The lowest BCUT2D eigenvalue weighted by Crippen LogP contribution is -3.14. The van der Waals surface area contributed by atoms with E-state index in [1.165, 1.54) is 12.0 Å². The summed E-state index contributed by atoms with van der Waals surface area (Å²) in [4.78, 5) is 16.4. The molecule has 1 fully saturated rings. The fraction of sp³-hybridized carbons (Fsp3) is 0.409. The van der Waals surface area contributed by atoms with Crippen LogP contribution in [0.15, 0.2) is 48.5 Å². The first-order valence-corrected chi connectivity index (χ1v) is 9.60. The van der Waals surface area contributed by atoms with Crippen molar-refractivity contribution in [1.29, 1.82) is 0 Å². The molecule has 1 heterocycles. The second-order valence-corrected chi connectivity index (χ2v) is 6.92. The highest BCUT2D eigenvalue weighted by molar-refractivity contribution is 5.97. The Morgan fingerprint density at radius 3 is 2.41 bits per heavy atom. The third-order valence-corrected chi connectivity index (χ3v) is 5.23. The van der Waals surface area contributed by atoms with Crippen molar-refractivity contribution in [1.82, 2.24) is 4.90 Å². The normalized spacial score (nSPS) is 14.8. The molecule has 0 aliphatic carbocycles. The zero-order valence-corrected chi connectivity index (χ0v) is 16.2. The summed E-state index contributed by atoms with van der Waals surface area (Å²) in [6.07, 6.45) is 2.30. The van der Waals surface area contributed by atoms with E-state index >= 15 is 0 Å². The summed E-state index contributed by atoms with van der Waals surface area (Å²) in [6.45, 7) is 4.69. The molecule has 0 bridgehead atoms. The van der Waals surface area contributed by atoms with E-state index in [1.807, 2.05) is 23.1 Å². The van der Waals surface area contributed by atoms with E-state index in [0.717, 1.165) is 39.1 Å². The number of piperazine rings is 1. The van der Waals surface area contributed by atoms with Crippen LogP contribution in [0.4, 0.5) is 0 Å². The largest absolute Gasteiger partial charge is 0.493 e. The van der Waals surface area contributed by atoms with Gasteiger partial charge < -0.3 is 19.3 Å². The summed E-state index contributed by atoms with van der Waals surface area (Å²) in [7, 11) is 3.16. The molecule has 3 rings (SSSR count). The molecular formula is C22H29N2O3+. The summed E-state index contributed by atoms with van der Waals surface area (Å²) in [5.41, 5.74) is 1.97. The number of hydrogen-bond acceptors (Lipinski definition) is 3. The quantitative estimate of drug-likeness (QED) is 0.808. The van der Waals surface area contributed by atoms with Gasteiger partial charge >= 0.3 is 0 Å². The lowest BCUT2D eigenvalue weighted by atomic mass is 10.1. The lowest BCUT2D eigenvalue weighted by molar-refractivity contribution is -0.904. The summed E-state index contributed by atoms with van der Waals surface area (Å²) in [6, 6.07) is 16.1. The van der Waals surface area contributed by atoms with Gasteiger partial charge in [0.15, 0.2) is 11.5 Å². The molecule has 1 N–H and O–H groups in total. The van der Waals surface area contributed by atoms with Crippen LogP contribution in [0.2, 0.25) is 0 Å². The Morgan fingerprint density at radius 2 is 1.74 bits per heavy atom. The SMILES string of the molecule is COc1cccc(C(=O)N2CC[NH+](CCCc3ccccc3)CC2)c1OC. The minimum absolute atomic E-state index is 0.0223. The van der Waals surface area contributed by atoms with Crippen LogP contribution >= 0.6 is 0 Å². The predicted molar refractivity (Wildman–Crippen MR) is 106 cm³/mol. The third kappa shape index (κ3) is 4.80. The van der Waals surface area contributed by atoms with E-state index in [1.54, 1.807) is 19.1 Å². The molecule has 0 atom stereocenters. The Hall–Kier alpha value is -2.53. The maximum Gasteiger partial charge on any atom is 0.258 e. The standard InChI is InChI=1S/C22H28N2O3/c1-26-20-12-6-11-19(21(20)27-2)22(25)24-16-14-23(15-17-24)13-7-10-18-8-4-3-5-9-18/h3-6,8-9,11-12H,7,10,13-17H2,1-2H3/p+1. The summed E-state index contributed by atoms with van der Waals surface area (Å²) < 4.78 is 10.7. The molecule has 5 heteroatoms. The molecule has 0 radical (unpaired) electrons. The van der Waals surface area contributed by atoms with E-state index in [9.17, 15) is 4.79 Å². The number of para-hydroxylation sites is 1. The highest BCUT2D eigenvalue weighted by Crippen LogP contribution is 2.31. The van der Waals surface area contributed by atoms with Crippen molar-refractivity contribution in [2.75, 3.05) is 46.9 Å². The van der Waals surface area contributed by atoms with E-state index in [4.69, 9.17) is 9.47 Å². The van der Waals surface area contributed by atoms with Crippen molar-refractivity contribution in [2.24, 2.45) is 0 Å². The minimum Gasteiger partial charge on any atom is -0.493 e. The van der Waals surface area contributed by atoms with Crippen molar-refractivity contribution < 1.29 is 19.2 Å². The monoisotopic (exact) mass is 369 g/mol. The van der Waals surface area contributed by atoms with Crippen molar-refractivity contribution in [3.8, 4) is 11.5 Å². The molecule has 0 unspecified atom stereocenters. The van der Waals surface area contributed by atoms with Crippen LogP contribution in [0.5, 0.6) is 11.5 Å². The molecule has 2 aromatic carbocycles. The Bertz CT molecular complexity index is 740. The Balaban J connectivity index is 1.51. The maximum absolute atomic E-state index is 12.9. The number of carbonyl (C=O) groups is 1. The second-order valence-electron chi connectivity index (χ2n) is 6.92. The number of amides is 1. The highest BCUT2D eigenvalue weighted by atomic mass is 16.5. The molecule has 5 nitrogen and oxygen atoms in total. The fourth-order valence-corrected chi connectivity index (χ4v) is 3.69. The first kappa shape index (κ1) is 19.2. The molecule has 144 valence electrons. The molecule has 1 amide bonds. The first-order chi connectivity index (χ1) is 13.2. The van der Waals surface area contributed by atoms with E-state index in [0.29, 0.717) is 17.1 Å². The zero-order valence-electron chi connectivity index (χ0n) is 16.2. The van der Waals surface area contributed by atoms with Gasteiger partial charge in [-0.15, -0.1) is 0 Å². The number of benzene rings is 2. The molecule has 1 aliphatic heterocycles. The van der Waals surface area contributed by atoms with E-state index < -0.39 is 0 Å². The molecule has 27 heavy (non-hydrogen) atoms. The molecule has 1 saturated heterocycles. The number of carbonyl (C=O) groups excluding carboxylic acids is 1. The predicted octanol–water partition coefficient (Wildman–Crippen LogP) is 1.68. The topological polar surface area (TPSA) is 43.2 Å². The highest BCUT2D eigenvalue weighted by Gasteiger charge is 2.27. The molecule has 2 aromatic rings. The Morgan fingerprint density at radius 1 is 1.00 bits per heavy atom. The van der Waals surface area contributed by atoms with Gasteiger partial charge in [-0.2, -0.15) is 0 Å². The number of quaternary nitrogens is 1. The van der Waals surface area contributed by atoms with Crippen LogP contribution in [-0.4, -0.2) is 57.8 Å². The van der Waals surface area contributed by atoms with Crippen molar-refractivity contribution in [2.45, 2.75) is 12.8 Å². The average molecular weight is 369 g/mol. The fourth-order valence-electron chi connectivity index (χ4n) is 3.69. The van der Waals surface area contributed by atoms with Crippen molar-refractivity contribution in [3.05, 3.63) is 59.7 Å². The molecule has 1 aliphatic rings. The first-order valence-electron chi connectivity index (χ1n) is 9.60. The number of ether oxygens (including phenoxy) is 2. The van der Waals surface area contributed by atoms with Crippen molar-refractivity contribution >= 4 is 5.91 Å².